The molecule has 2 heteroatoms. The Kier molecular flexibility index (Phi) is 5.81. The SMILES string of the molecule is CCCCCc1ccc(-c2ccccc2-c2ccc(C#N)c(F)c2)cc1. The Morgan fingerprint density at radius 2 is 1.50 bits per heavy atom. The lowest BCUT2D eigenvalue weighted by Gasteiger charge is -2.11. The van der Waals surface area contributed by atoms with E-state index < -0.39 is 5.82 Å². The third-order valence-corrected chi connectivity index (χ3v) is 4.66. The number of halogens is 1. The molecule has 0 saturated carbocycles. The number of nitriles is 1. The van der Waals surface area contributed by atoms with E-state index >= 15 is 0 Å². The topological polar surface area (TPSA) is 23.8 Å². The quantitative estimate of drug-likeness (QED) is 0.453. The molecule has 0 saturated heterocycles. The Hall–Kier alpha value is -2.92. The molecule has 3 aromatic carbocycles. The zero-order valence-corrected chi connectivity index (χ0v) is 15.0. The van der Waals surface area contributed by atoms with Crippen LogP contribution in [0.2, 0.25) is 0 Å². The van der Waals surface area contributed by atoms with Gasteiger partial charge >= 0.3 is 0 Å². The molecule has 0 aromatic heterocycles. The van der Waals surface area contributed by atoms with Crippen LogP contribution in [-0.2, 0) is 6.42 Å². The van der Waals surface area contributed by atoms with E-state index in [0.717, 1.165) is 28.7 Å². The van der Waals surface area contributed by atoms with Crippen molar-refractivity contribution in [1.29, 1.82) is 5.26 Å². The highest BCUT2D eigenvalue weighted by Gasteiger charge is 2.10. The number of benzene rings is 3. The van der Waals surface area contributed by atoms with Gasteiger partial charge in [0.2, 0.25) is 0 Å². The summed E-state index contributed by atoms with van der Waals surface area (Å²) in [6, 6.07) is 23.3. The first-order chi connectivity index (χ1) is 12.7. The van der Waals surface area contributed by atoms with Crippen molar-refractivity contribution in [1.82, 2.24) is 0 Å². The molecule has 0 aliphatic rings. The average Bonchev–Trinajstić information content (AvgIpc) is 2.69. The summed E-state index contributed by atoms with van der Waals surface area (Å²) in [7, 11) is 0. The van der Waals surface area contributed by atoms with Gasteiger partial charge in [-0.15, -0.1) is 0 Å². The number of aryl methyl sites for hydroxylation is 1. The molecule has 0 amide bonds. The Balaban J connectivity index is 1.92. The number of hydrogen-bond acceptors (Lipinski definition) is 1. The Morgan fingerprint density at radius 1 is 0.846 bits per heavy atom. The Bertz CT molecular complexity index is 920. The van der Waals surface area contributed by atoms with Gasteiger partial charge in [-0.05, 0) is 52.8 Å². The summed E-state index contributed by atoms with van der Waals surface area (Å²) in [6.07, 6.45) is 4.81. The van der Waals surface area contributed by atoms with Crippen LogP contribution in [-0.4, -0.2) is 0 Å². The molecule has 3 aromatic rings. The van der Waals surface area contributed by atoms with E-state index in [9.17, 15) is 4.39 Å². The Morgan fingerprint density at radius 3 is 2.12 bits per heavy atom. The fraction of sp³-hybridized carbons (Fsp3) is 0.208. The minimum atomic E-state index is -0.480. The summed E-state index contributed by atoms with van der Waals surface area (Å²) in [6.45, 7) is 2.21. The van der Waals surface area contributed by atoms with Crippen LogP contribution in [0, 0.1) is 17.1 Å². The van der Waals surface area contributed by atoms with Gasteiger partial charge in [0.15, 0.2) is 0 Å². The van der Waals surface area contributed by atoms with Crippen molar-refractivity contribution in [3.05, 3.63) is 83.7 Å². The second-order valence-electron chi connectivity index (χ2n) is 6.51. The summed E-state index contributed by atoms with van der Waals surface area (Å²) in [5.74, 6) is -0.480. The molecule has 1 nitrogen and oxygen atoms in total. The first kappa shape index (κ1) is 17.9. The number of nitrogens with zero attached hydrogens (tertiary/aromatic N) is 1. The van der Waals surface area contributed by atoms with Crippen molar-refractivity contribution >= 4 is 0 Å². The van der Waals surface area contributed by atoms with Gasteiger partial charge in [0.05, 0.1) is 5.56 Å². The zero-order valence-electron chi connectivity index (χ0n) is 15.0. The zero-order chi connectivity index (χ0) is 18.4. The van der Waals surface area contributed by atoms with Crippen LogP contribution in [0.15, 0.2) is 66.7 Å². The maximum Gasteiger partial charge on any atom is 0.141 e. The molecular weight excluding hydrogens is 321 g/mol. The van der Waals surface area contributed by atoms with Crippen LogP contribution in [0.5, 0.6) is 0 Å². The largest absolute Gasteiger partial charge is 0.206 e. The average molecular weight is 343 g/mol. The lowest BCUT2D eigenvalue weighted by Crippen LogP contribution is -1.90. The van der Waals surface area contributed by atoms with Crippen molar-refractivity contribution in [3.8, 4) is 28.3 Å². The van der Waals surface area contributed by atoms with Crippen molar-refractivity contribution in [2.24, 2.45) is 0 Å². The molecule has 0 bridgehead atoms. The number of hydrogen-bond donors (Lipinski definition) is 0. The third-order valence-electron chi connectivity index (χ3n) is 4.66. The van der Waals surface area contributed by atoms with Gasteiger partial charge < -0.3 is 0 Å². The summed E-state index contributed by atoms with van der Waals surface area (Å²) in [4.78, 5) is 0. The molecule has 0 N–H and O–H groups in total. The van der Waals surface area contributed by atoms with Crippen LogP contribution in [0.4, 0.5) is 4.39 Å². The smallest absolute Gasteiger partial charge is 0.141 e. The van der Waals surface area contributed by atoms with E-state index in [1.165, 1.54) is 37.0 Å². The Labute approximate surface area is 154 Å². The highest BCUT2D eigenvalue weighted by molar-refractivity contribution is 5.83. The standard InChI is InChI=1S/C24H22FN/c1-2-3-4-7-18-10-12-19(13-11-18)22-8-5-6-9-23(22)20-14-15-21(17-26)24(25)16-20/h5-6,8-16H,2-4,7H2,1H3. The third kappa shape index (κ3) is 4.00. The van der Waals surface area contributed by atoms with Gasteiger partial charge in [-0.25, -0.2) is 4.39 Å². The van der Waals surface area contributed by atoms with Crippen molar-refractivity contribution in [2.45, 2.75) is 32.6 Å². The fourth-order valence-corrected chi connectivity index (χ4v) is 3.19. The van der Waals surface area contributed by atoms with E-state index in [1.807, 2.05) is 24.3 Å². The van der Waals surface area contributed by atoms with E-state index in [0.29, 0.717) is 0 Å². The monoisotopic (exact) mass is 343 g/mol. The van der Waals surface area contributed by atoms with Gasteiger partial charge in [-0.3, -0.25) is 0 Å². The van der Waals surface area contributed by atoms with Gasteiger partial charge in [0.1, 0.15) is 11.9 Å². The predicted molar refractivity (Wildman–Crippen MR) is 105 cm³/mol. The minimum absolute atomic E-state index is 0.0719. The van der Waals surface area contributed by atoms with Crippen LogP contribution in [0.3, 0.4) is 0 Å². The molecule has 0 unspecified atom stereocenters. The van der Waals surface area contributed by atoms with Crippen molar-refractivity contribution in [2.75, 3.05) is 0 Å². The molecule has 130 valence electrons. The van der Waals surface area contributed by atoms with Gasteiger partial charge in [-0.1, -0.05) is 74.4 Å². The van der Waals surface area contributed by atoms with Crippen molar-refractivity contribution in [3.63, 3.8) is 0 Å². The first-order valence-electron chi connectivity index (χ1n) is 9.11. The van der Waals surface area contributed by atoms with Gasteiger partial charge in [-0.2, -0.15) is 5.26 Å². The van der Waals surface area contributed by atoms with E-state index in [-0.39, 0.29) is 5.56 Å². The normalized spacial score (nSPS) is 10.5. The lowest BCUT2D eigenvalue weighted by molar-refractivity contribution is 0.624. The van der Waals surface area contributed by atoms with Crippen LogP contribution < -0.4 is 0 Å². The summed E-state index contributed by atoms with van der Waals surface area (Å²) < 4.78 is 14.0. The summed E-state index contributed by atoms with van der Waals surface area (Å²) >= 11 is 0. The number of unbranched alkanes of at least 4 members (excludes halogenated alkanes) is 2. The summed E-state index contributed by atoms with van der Waals surface area (Å²) in [5, 5.41) is 8.93. The molecule has 3 rings (SSSR count). The summed E-state index contributed by atoms with van der Waals surface area (Å²) in [5.41, 5.74) is 5.35. The molecule has 0 aliphatic heterocycles. The van der Waals surface area contributed by atoms with Gasteiger partial charge in [0, 0.05) is 0 Å². The predicted octanol–water partition coefficient (Wildman–Crippen LogP) is 6.76. The van der Waals surface area contributed by atoms with Crippen LogP contribution in [0.25, 0.3) is 22.3 Å². The minimum Gasteiger partial charge on any atom is -0.206 e. The highest BCUT2D eigenvalue weighted by Crippen LogP contribution is 2.33. The molecule has 0 heterocycles. The lowest BCUT2D eigenvalue weighted by atomic mass is 9.93. The maximum atomic E-state index is 14.0. The van der Waals surface area contributed by atoms with E-state index in [2.05, 4.69) is 37.3 Å². The molecule has 0 aliphatic carbocycles. The van der Waals surface area contributed by atoms with E-state index in [1.54, 1.807) is 6.07 Å². The van der Waals surface area contributed by atoms with Gasteiger partial charge in [0.25, 0.3) is 0 Å². The fourth-order valence-electron chi connectivity index (χ4n) is 3.19. The maximum absolute atomic E-state index is 14.0. The molecular formula is C24H22FN. The number of rotatable bonds is 6. The highest BCUT2D eigenvalue weighted by atomic mass is 19.1. The second-order valence-corrected chi connectivity index (χ2v) is 6.51. The molecule has 0 fully saturated rings. The second kappa shape index (κ2) is 8.45. The molecule has 0 radical (unpaired) electrons. The molecule has 26 heavy (non-hydrogen) atoms. The first-order valence-corrected chi connectivity index (χ1v) is 9.11. The van der Waals surface area contributed by atoms with Crippen LogP contribution in [0.1, 0.15) is 37.3 Å². The molecule has 0 spiro atoms. The van der Waals surface area contributed by atoms with Crippen LogP contribution >= 0.6 is 0 Å². The molecule has 0 atom stereocenters. The van der Waals surface area contributed by atoms with E-state index in [4.69, 9.17) is 5.26 Å². The van der Waals surface area contributed by atoms with Crippen molar-refractivity contribution < 1.29 is 4.39 Å².